The number of nitrogens with zero attached hydrogens (tertiary/aromatic N) is 4. The van der Waals surface area contributed by atoms with Crippen molar-refractivity contribution in [3.8, 4) is 0 Å². The molecule has 0 saturated heterocycles. The Morgan fingerprint density at radius 3 is 2.54 bits per heavy atom. The van der Waals surface area contributed by atoms with Gasteiger partial charge in [-0.25, -0.2) is 19.3 Å². The van der Waals surface area contributed by atoms with E-state index in [2.05, 4.69) is 31.8 Å². The highest BCUT2D eigenvalue weighted by atomic mass is 35.5. The summed E-state index contributed by atoms with van der Waals surface area (Å²) in [5.74, 6) is -0.954. The number of anilines is 1. The van der Waals surface area contributed by atoms with Crippen molar-refractivity contribution in [2.75, 3.05) is 5.73 Å². The van der Waals surface area contributed by atoms with Crippen LogP contribution in [-0.4, -0.2) is 35.5 Å². The van der Waals surface area contributed by atoms with E-state index in [-0.39, 0.29) is 16.7 Å². The lowest BCUT2D eigenvalue weighted by Crippen LogP contribution is -2.15. The lowest BCUT2D eigenvalue weighted by Gasteiger charge is -2.15. The Morgan fingerprint density at radius 1 is 1.14 bits per heavy atom. The molecule has 0 aliphatic heterocycles. The largest absolute Gasteiger partial charge is 0.382 e. The van der Waals surface area contributed by atoms with Crippen LogP contribution in [0.25, 0.3) is 21.9 Å². The maximum absolute atomic E-state index is 14.5. The van der Waals surface area contributed by atoms with Gasteiger partial charge in [0.2, 0.25) is 0 Å². The van der Waals surface area contributed by atoms with Gasteiger partial charge in [-0.2, -0.15) is 0 Å². The van der Waals surface area contributed by atoms with Gasteiger partial charge in [0, 0.05) is 23.0 Å². The van der Waals surface area contributed by atoms with Gasteiger partial charge in [0.15, 0.2) is 5.79 Å². The number of hydrogen-bond acceptors (Lipinski definition) is 6. The zero-order valence-corrected chi connectivity index (χ0v) is 22.9. The first-order chi connectivity index (χ1) is 17.5. The number of aliphatic hydroxyl groups is 2. The highest BCUT2D eigenvalue weighted by Crippen LogP contribution is 2.39. The second kappa shape index (κ2) is 12.2. The van der Waals surface area contributed by atoms with Crippen LogP contribution in [0, 0.1) is 18.7 Å². The predicted octanol–water partition coefficient (Wildman–Crippen LogP) is 6.37. The first-order valence-electron chi connectivity index (χ1n) is 12.8. The van der Waals surface area contributed by atoms with Crippen LogP contribution in [0.3, 0.4) is 0 Å². The molecule has 4 N–H and O–H groups in total. The SMILES string of the molecule is CC.CC(C)(O)O.Cc1ncnc2c1ccn2C1CCC(CCc2cc(F)c3cc(Cl)c(N)nc3c2)C1. The molecule has 0 bridgehead atoms. The monoisotopic (exact) mass is 529 g/mol. The maximum Gasteiger partial charge on any atom is 0.156 e. The summed E-state index contributed by atoms with van der Waals surface area (Å²) in [5, 5.41) is 18.0. The first kappa shape index (κ1) is 28.8. The third-order valence-electron chi connectivity index (χ3n) is 6.38. The van der Waals surface area contributed by atoms with E-state index in [1.54, 1.807) is 18.5 Å². The van der Waals surface area contributed by atoms with Crippen LogP contribution in [0.2, 0.25) is 5.02 Å². The fourth-order valence-electron chi connectivity index (χ4n) is 4.75. The summed E-state index contributed by atoms with van der Waals surface area (Å²) in [7, 11) is 0. The minimum absolute atomic E-state index is 0.234. The summed E-state index contributed by atoms with van der Waals surface area (Å²) < 4.78 is 16.8. The molecular formula is C28H37ClFN5O2. The molecule has 200 valence electrons. The number of rotatable bonds is 4. The maximum atomic E-state index is 14.5. The van der Waals surface area contributed by atoms with Crippen LogP contribution in [0.1, 0.15) is 70.7 Å². The van der Waals surface area contributed by atoms with E-state index < -0.39 is 5.79 Å². The minimum Gasteiger partial charge on any atom is -0.382 e. The number of benzene rings is 1. The first-order valence-corrected chi connectivity index (χ1v) is 13.1. The Kier molecular flexibility index (Phi) is 9.45. The van der Waals surface area contributed by atoms with Gasteiger partial charge in [-0.3, -0.25) is 0 Å². The molecule has 0 spiro atoms. The van der Waals surface area contributed by atoms with E-state index in [9.17, 15) is 4.39 Å². The van der Waals surface area contributed by atoms with E-state index in [4.69, 9.17) is 27.5 Å². The third-order valence-corrected chi connectivity index (χ3v) is 6.68. The van der Waals surface area contributed by atoms with Crippen LogP contribution in [0.4, 0.5) is 10.2 Å². The van der Waals surface area contributed by atoms with Gasteiger partial charge >= 0.3 is 0 Å². The van der Waals surface area contributed by atoms with Crippen molar-refractivity contribution in [1.82, 2.24) is 19.5 Å². The molecule has 0 radical (unpaired) electrons. The average molecular weight is 530 g/mol. The third kappa shape index (κ3) is 7.37. The fraction of sp³-hybridized carbons (Fsp3) is 0.464. The number of pyridine rings is 1. The molecule has 1 saturated carbocycles. The van der Waals surface area contributed by atoms with Gasteiger partial charge < -0.3 is 20.5 Å². The molecule has 4 aromatic rings. The van der Waals surface area contributed by atoms with Crippen molar-refractivity contribution in [3.63, 3.8) is 0 Å². The predicted molar refractivity (Wildman–Crippen MR) is 148 cm³/mol. The molecule has 1 fully saturated rings. The van der Waals surface area contributed by atoms with Crippen molar-refractivity contribution >= 4 is 39.4 Å². The molecule has 2 atom stereocenters. The van der Waals surface area contributed by atoms with Gasteiger partial charge in [-0.1, -0.05) is 25.4 Å². The van der Waals surface area contributed by atoms with Crippen LogP contribution in [-0.2, 0) is 6.42 Å². The van der Waals surface area contributed by atoms with Gasteiger partial charge in [0.25, 0.3) is 0 Å². The number of nitrogens with two attached hydrogens (primary N) is 1. The fourth-order valence-corrected chi connectivity index (χ4v) is 4.90. The lowest BCUT2D eigenvalue weighted by atomic mass is 9.97. The van der Waals surface area contributed by atoms with E-state index in [1.807, 2.05) is 26.8 Å². The van der Waals surface area contributed by atoms with E-state index in [1.165, 1.54) is 20.3 Å². The molecule has 3 aromatic heterocycles. The highest BCUT2D eigenvalue weighted by molar-refractivity contribution is 6.33. The lowest BCUT2D eigenvalue weighted by molar-refractivity contribution is -0.127. The number of halogens is 2. The number of aryl methyl sites for hydroxylation is 2. The van der Waals surface area contributed by atoms with Crippen molar-refractivity contribution in [3.05, 3.63) is 58.9 Å². The van der Waals surface area contributed by atoms with Crippen molar-refractivity contribution < 1.29 is 14.6 Å². The molecule has 2 unspecified atom stereocenters. The van der Waals surface area contributed by atoms with Gasteiger partial charge in [-0.15, -0.1) is 0 Å². The van der Waals surface area contributed by atoms with Gasteiger partial charge in [0.1, 0.15) is 23.6 Å². The molecular weight excluding hydrogens is 493 g/mol. The Labute approximate surface area is 222 Å². The van der Waals surface area contributed by atoms with Crippen molar-refractivity contribution in [2.24, 2.45) is 5.92 Å². The molecule has 7 nitrogen and oxygen atoms in total. The zero-order chi connectivity index (χ0) is 27.3. The Balaban J connectivity index is 0.000000489. The van der Waals surface area contributed by atoms with Gasteiger partial charge in [-0.05, 0) is 88.6 Å². The van der Waals surface area contributed by atoms with Crippen LogP contribution in [0.15, 0.2) is 36.8 Å². The second-order valence-corrected chi connectivity index (χ2v) is 10.2. The molecule has 3 heterocycles. The smallest absolute Gasteiger partial charge is 0.156 e. The number of aromatic nitrogens is 4. The minimum atomic E-state index is -1.50. The summed E-state index contributed by atoms with van der Waals surface area (Å²) in [4.78, 5) is 13.0. The zero-order valence-electron chi connectivity index (χ0n) is 22.2. The normalized spacial score (nSPS) is 17.3. The highest BCUT2D eigenvalue weighted by Gasteiger charge is 2.27. The average Bonchev–Trinajstić information content (AvgIpc) is 3.47. The Morgan fingerprint density at radius 2 is 1.84 bits per heavy atom. The number of fused-ring (bicyclic) bond motifs is 2. The topological polar surface area (TPSA) is 110 Å². The van der Waals surface area contributed by atoms with E-state index >= 15 is 0 Å². The standard InChI is InChI=1S/C23H23ClFN5.C3H8O2.C2H6/c1-13-17-6-7-30(23(17)28-12-27-13)16-5-4-14(8-16)2-3-15-9-20(25)18-11-19(24)22(26)29-21(18)10-15;1-3(2,4)5;1-2/h6-7,9-12,14,16H,2-5,8H2,1H3,(H2,26,29);4-5H,1-2H3;1-2H3. The molecule has 9 heteroatoms. The second-order valence-electron chi connectivity index (χ2n) is 9.79. The van der Waals surface area contributed by atoms with Crippen LogP contribution < -0.4 is 5.73 Å². The van der Waals surface area contributed by atoms with Gasteiger partial charge in [0.05, 0.1) is 16.2 Å². The summed E-state index contributed by atoms with van der Waals surface area (Å²) in [5.41, 5.74) is 9.34. The molecule has 1 aromatic carbocycles. The van der Waals surface area contributed by atoms with Crippen molar-refractivity contribution in [1.29, 1.82) is 0 Å². The number of nitrogen functional groups attached to an aromatic ring is 1. The molecule has 5 rings (SSSR count). The summed E-state index contributed by atoms with van der Waals surface area (Å²) in [6.07, 6.45) is 9.05. The molecule has 1 aliphatic rings. The summed E-state index contributed by atoms with van der Waals surface area (Å²) in [6.45, 7) is 8.62. The Bertz CT molecular complexity index is 1350. The molecule has 0 amide bonds. The van der Waals surface area contributed by atoms with Crippen LogP contribution in [0.5, 0.6) is 0 Å². The summed E-state index contributed by atoms with van der Waals surface area (Å²) >= 11 is 5.98. The quantitative estimate of drug-likeness (QED) is 0.265. The number of hydrogen-bond donors (Lipinski definition) is 3. The van der Waals surface area contributed by atoms with E-state index in [0.29, 0.717) is 22.9 Å². The molecule has 37 heavy (non-hydrogen) atoms. The Hall–Kier alpha value is -2.81. The summed E-state index contributed by atoms with van der Waals surface area (Å²) in [6, 6.07) is 7.64. The molecule has 1 aliphatic carbocycles. The van der Waals surface area contributed by atoms with E-state index in [0.717, 1.165) is 48.0 Å². The van der Waals surface area contributed by atoms with Crippen molar-refractivity contribution in [2.45, 2.75) is 78.6 Å². The van der Waals surface area contributed by atoms with Crippen LogP contribution >= 0.6 is 11.6 Å².